The summed E-state index contributed by atoms with van der Waals surface area (Å²) in [6, 6.07) is 7.30. The van der Waals surface area contributed by atoms with Gasteiger partial charge in [0.2, 0.25) is 0 Å². The van der Waals surface area contributed by atoms with E-state index >= 15 is 0 Å². The number of thiazole rings is 1. The first-order chi connectivity index (χ1) is 9.99. The van der Waals surface area contributed by atoms with Gasteiger partial charge in [0.15, 0.2) is 5.13 Å². The van der Waals surface area contributed by atoms with Gasteiger partial charge in [-0.3, -0.25) is 0 Å². The summed E-state index contributed by atoms with van der Waals surface area (Å²) in [4.78, 5) is 7.65. The highest BCUT2D eigenvalue weighted by Crippen LogP contribution is 2.30. The van der Waals surface area contributed by atoms with Crippen molar-refractivity contribution >= 4 is 16.5 Å². The second-order valence-electron chi connectivity index (χ2n) is 5.45. The summed E-state index contributed by atoms with van der Waals surface area (Å²) in [6.45, 7) is 7.05. The first-order valence-corrected chi connectivity index (χ1v) is 7.96. The minimum Gasteiger partial charge on any atom is -0.344 e. The van der Waals surface area contributed by atoms with E-state index in [9.17, 15) is 4.39 Å². The average Bonchev–Trinajstić information content (AvgIpc) is 2.93. The lowest BCUT2D eigenvalue weighted by Gasteiger charge is -2.24. The van der Waals surface area contributed by atoms with Crippen LogP contribution in [0, 0.1) is 5.82 Å². The molecule has 1 N–H and O–H groups in total. The van der Waals surface area contributed by atoms with Crippen molar-refractivity contribution in [1.82, 2.24) is 10.3 Å². The van der Waals surface area contributed by atoms with Crippen molar-refractivity contribution in [2.24, 2.45) is 0 Å². The van der Waals surface area contributed by atoms with E-state index < -0.39 is 0 Å². The number of halogens is 1. The summed E-state index contributed by atoms with van der Waals surface area (Å²) < 4.78 is 13.9. The zero-order valence-electron chi connectivity index (χ0n) is 12.9. The maximum Gasteiger partial charge on any atom is 0.185 e. The van der Waals surface area contributed by atoms with Crippen LogP contribution in [0.5, 0.6) is 0 Å². The Morgan fingerprint density at radius 2 is 2.00 bits per heavy atom. The number of anilines is 1. The Balaban J connectivity index is 2.09. The summed E-state index contributed by atoms with van der Waals surface area (Å²) in [5.74, 6) is -0.171. The SMILES string of the molecule is CC(C)NCc1cnc(N(C)C(C)c2ccccc2F)s1. The number of hydrogen-bond donors (Lipinski definition) is 1. The number of nitrogens with zero attached hydrogens (tertiary/aromatic N) is 2. The molecule has 1 heterocycles. The van der Waals surface area contributed by atoms with E-state index in [0.29, 0.717) is 11.6 Å². The number of benzene rings is 1. The van der Waals surface area contributed by atoms with Gasteiger partial charge in [0, 0.05) is 36.3 Å². The number of aromatic nitrogens is 1. The molecule has 0 radical (unpaired) electrons. The fourth-order valence-electron chi connectivity index (χ4n) is 2.03. The molecule has 2 rings (SSSR count). The van der Waals surface area contributed by atoms with Crippen LogP contribution in [0.1, 0.15) is 37.3 Å². The summed E-state index contributed by atoms with van der Waals surface area (Å²) in [7, 11) is 1.95. The number of nitrogens with one attached hydrogen (secondary N) is 1. The van der Waals surface area contributed by atoms with Gasteiger partial charge in [-0.1, -0.05) is 32.0 Å². The molecule has 0 saturated carbocycles. The van der Waals surface area contributed by atoms with Crippen LogP contribution in [0.2, 0.25) is 0 Å². The van der Waals surface area contributed by atoms with Gasteiger partial charge in [0.1, 0.15) is 5.82 Å². The van der Waals surface area contributed by atoms with Crippen molar-refractivity contribution < 1.29 is 4.39 Å². The Morgan fingerprint density at radius 3 is 2.67 bits per heavy atom. The second kappa shape index (κ2) is 7.00. The molecule has 0 bridgehead atoms. The molecule has 2 aromatic rings. The maximum atomic E-state index is 13.9. The van der Waals surface area contributed by atoms with Crippen molar-refractivity contribution in [3.8, 4) is 0 Å². The Hall–Kier alpha value is -1.46. The molecule has 0 aliphatic rings. The molecular weight excluding hydrogens is 285 g/mol. The summed E-state index contributed by atoms with van der Waals surface area (Å²) in [5, 5.41) is 4.28. The lowest BCUT2D eigenvalue weighted by Crippen LogP contribution is -2.22. The van der Waals surface area contributed by atoms with Crippen LogP contribution in [0.3, 0.4) is 0 Å². The van der Waals surface area contributed by atoms with Gasteiger partial charge in [-0.15, -0.1) is 11.3 Å². The van der Waals surface area contributed by atoms with Crippen LogP contribution in [-0.4, -0.2) is 18.1 Å². The smallest absolute Gasteiger partial charge is 0.185 e. The van der Waals surface area contributed by atoms with Crippen molar-refractivity contribution in [2.75, 3.05) is 11.9 Å². The Kier molecular flexibility index (Phi) is 5.31. The molecular formula is C16H22FN3S. The monoisotopic (exact) mass is 307 g/mol. The van der Waals surface area contributed by atoms with Gasteiger partial charge in [0.25, 0.3) is 0 Å². The Labute approximate surface area is 129 Å². The number of rotatable bonds is 6. The fraction of sp³-hybridized carbons (Fsp3) is 0.438. The highest BCUT2D eigenvalue weighted by molar-refractivity contribution is 7.15. The normalized spacial score (nSPS) is 12.7. The van der Waals surface area contributed by atoms with Crippen molar-refractivity contribution in [1.29, 1.82) is 0 Å². The summed E-state index contributed by atoms with van der Waals surface area (Å²) in [5.41, 5.74) is 0.692. The van der Waals surface area contributed by atoms with E-state index in [-0.39, 0.29) is 11.9 Å². The van der Waals surface area contributed by atoms with Gasteiger partial charge in [-0.2, -0.15) is 0 Å². The van der Waals surface area contributed by atoms with Crippen LogP contribution in [0.25, 0.3) is 0 Å². The van der Waals surface area contributed by atoms with Gasteiger partial charge in [0.05, 0.1) is 6.04 Å². The average molecular weight is 307 g/mol. The van der Waals surface area contributed by atoms with Gasteiger partial charge >= 0.3 is 0 Å². The second-order valence-corrected chi connectivity index (χ2v) is 6.55. The topological polar surface area (TPSA) is 28.2 Å². The largest absolute Gasteiger partial charge is 0.344 e. The molecule has 0 amide bonds. The minimum atomic E-state index is -0.171. The third-order valence-electron chi connectivity index (χ3n) is 3.46. The fourth-order valence-corrected chi connectivity index (χ4v) is 2.94. The zero-order chi connectivity index (χ0) is 15.4. The van der Waals surface area contributed by atoms with Gasteiger partial charge in [-0.25, -0.2) is 9.37 Å². The van der Waals surface area contributed by atoms with E-state index in [1.54, 1.807) is 17.4 Å². The van der Waals surface area contributed by atoms with Gasteiger partial charge < -0.3 is 10.2 Å². The Morgan fingerprint density at radius 1 is 1.29 bits per heavy atom. The molecule has 114 valence electrons. The molecule has 0 aliphatic carbocycles. The molecule has 0 spiro atoms. The first kappa shape index (κ1) is 15.9. The summed E-state index contributed by atoms with van der Waals surface area (Å²) >= 11 is 1.64. The molecule has 0 aliphatic heterocycles. The predicted molar refractivity (Wildman–Crippen MR) is 87.3 cm³/mol. The van der Waals surface area contributed by atoms with E-state index in [0.717, 1.165) is 11.7 Å². The summed E-state index contributed by atoms with van der Waals surface area (Å²) in [6.07, 6.45) is 1.89. The van der Waals surface area contributed by atoms with Crippen LogP contribution >= 0.6 is 11.3 Å². The van der Waals surface area contributed by atoms with Crippen LogP contribution < -0.4 is 10.2 Å². The van der Waals surface area contributed by atoms with Crippen molar-refractivity contribution in [3.63, 3.8) is 0 Å². The third-order valence-corrected chi connectivity index (χ3v) is 4.55. The molecule has 1 aromatic heterocycles. The molecule has 1 atom stereocenters. The van der Waals surface area contributed by atoms with E-state index in [1.807, 2.05) is 37.2 Å². The lowest BCUT2D eigenvalue weighted by molar-refractivity contribution is 0.585. The minimum absolute atomic E-state index is 0.0525. The molecule has 0 fully saturated rings. The van der Waals surface area contributed by atoms with E-state index in [2.05, 4.69) is 24.1 Å². The zero-order valence-corrected chi connectivity index (χ0v) is 13.7. The Bertz CT molecular complexity index is 582. The highest BCUT2D eigenvalue weighted by Gasteiger charge is 2.18. The predicted octanol–water partition coefficient (Wildman–Crippen LogP) is 3.98. The molecule has 5 heteroatoms. The molecule has 0 saturated heterocycles. The van der Waals surface area contributed by atoms with Crippen LogP contribution in [0.4, 0.5) is 9.52 Å². The first-order valence-electron chi connectivity index (χ1n) is 7.14. The van der Waals surface area contributed by atoms with Crippen molar-refractivity contribution in [2.45, 2.75) is 39.4 Å². The standard InChI is InChI=1S/C16H22FN3S/c1-11(2)18-9-13-10-19-16(21-13)20(4)12(3)14-7-5-6-8-15(14)17/h5-8,10-12,18H,9H2,1-4H3. The quantitative estimate of drug-likeness (QED) is 0.875. The van der Waals surface area contributed by atoms with Crippen molar-refractivity contribution in [3.05, 3.63) is 46.7 Å². The maximum absolute atomic E-state index is 13.9. The van der Waals surface area contributed by atoms with Gasteiger partial charge in [-0.05, 0) is 13.0 Å². The molecule has 1 unspecified atom stereocenters. The highest BCUT2D eigenvalue weighted by atomic mass is 32.1. The molecule has 3 nitrogen and oxygen atoms in total. The number of hydrogen-bond acceptors (Lipinski definition) is 4. The lowest BCUT2D eigenvalue weighted by atomic mass is 10.1. The van der Waals surface area contributed by atoms with Crippen LogP contribution in [-0.2, 0) is 6.54 Å². The third kappa shape index (κ3) is 4.02. The van der Waals surface area contributed by atoms with E-state index in [4.69, 9.17) is 0 Å². The molecule has 21 heavy (non-hydrogen) atoms. The molecule has 1 aromatic carbocycles. The van der Waals surface area contributed by atoms with E-state index in [1.165, 1.54) is 10.9 Å². The van der Waals surface area contributed by atoms with Crippen LogP contribution in [0.15, 0.2) is 30.5 Å².